The Bertz CT molecular complexity index is 145. The van der Waals surface area contributed by atoms with Gasteiger partial charge in [0.25, 0.3) is 0 Å². The number of aliphatic hydroxyl groups excluding tert-OH is 2. The van der Waals surface area contributed by atoms with Crippen molar-refractivity contribution >= 4 is 0 Å². The van der Waals surface area contributed by atoms with Gasteiger partial charge in [-0.05, 0) is 6.08 Å². The van der Waals surface area contributed by atoms with E-state index in [1.807, 2.05) is 0 Å². The summed E-state index contributed by atoms with van der Waals surface area (Å²) in [4.78, 5) is 0. The lowest BCUT2D eigenvalue weighted by Crippen LogP contribution is -1.90. The zero-order valence-corrected chi connectivity index (χ0v) is 5.17. The first-order chi connectivity index (χ1) is 4.26. The molecule has 0 saturated heterocycles. The molecule has 0 aliphatic heterocycles. The van der Waals surface area contributed by atoms with Crippen LogP contribution in [0.3, 0.4) is 0 Å². The van der Waals surface area contributed by atoms with Crippen molar-refractivity contribution < 1.29 is 10.2 Å². The SMILES string of the molecule is C=C/C(O)=C(\C=C)CO. The molecule has 0 aromatic carbocycles. The Labute approximate surface area is 54.4 Å². The molecular formula is C7H10O2. The minimum Gasteiger partial charge on any atom is -0.508 e. The molecular weight excluding hydrogens is 116 g/mol. The minimum absolute atomic E-state index is 0.0208. The molecule has 0 unspecified atom stereocenters. The van der Waals surface area contributed by atoms with Crippen molar-refractivity contribution in [2.45, 2.75) is 0 Å². The zero-order valence-electron chi connectivity index (χ0n) is 5.17. The Morgan fingerprint density at radius 3 is 2.00 bits per heavy atom. The van der Waals surface area contributed by atoms with Crippen LogP contribution in [0.25, 0.3) is 0 Å². The van der Waals surface area contributed by atoms with Gasteiger partial charge in [0.2, 0.25) is 0 Å². The lowest BCUT2D eigenvalue weighted by atomic mass is 10.2. The van der Waals surface area contributed by atoms with Crippen molar-refractivity contribution in [2.75, 3.05) is 6.61 Å². The van der Waals surface area contributed by atoms with Crippen molar-refractivity contribution in [3.63, 3.8) is 0 Å². The topological polar surface area (TPSA) is 40.5 Å². The molecule has 0 radical (unpaired) electrons. The molecule has 0 aliphatic carbocycles. The molecule has 0 aromatic rings. The molecule has 0 atom stereocenters. The largest absolute Gasteiger partial charge is 0.508 e. The number of rotatable bonds is 3. The average molecular weight is 126 g/mol. The van der Waals surface area contributed by atoms with Crippen LogP contribution in [0.5, 0.6) is 0 Å². The van der Waals surface area contributed by atoms with Crippen LogP contribution < -0.4 is 0 Å². The van der Waals surface area contributed by atoms with Gasteiger partial charge in [-0.25, -0.2) is 0 Å². The maximum absolute atomic E-state index is 8.85. The fourth-order valence-corrected chi connectivity index (χ4v) is 0.381. The lowest BCUT2D eigenvalue weighted by molar-refractivity contribution is 0.323. The molecule has 0 saturated carbocycles. The second kappa shape index (κ2) is 3.92. The van der Waals surface area contributed by atoms with E-state index in [-0.39, 0.29) is 12.4 Å². The van der Waals surface area contributed by atoms with Crippen LogP contribution in [0.4, 0.5) is 0 Å². The molecule has 9 heavy (non-hydrogen) atoms. The van der Waals surface area contributed by atoms with Gasteiger partial charge in [0.05, 0.1) is 6.61 Å². The molecule has 0 spiro atoms. The van der Waals surface area contributed by atoms with Gasteiger partial charge in [0, 0.05) is 5.57 Å². The molecule has 2 heteroatoms. The number of allylic oxidation sites excluding steroid dienone is 1. The molecule has 0 aromatic heterocycles. The van der Waals surface area contributed by atoms with E-state index in [4.69, 9.17) is 10.2 Å². The Balaban J connectivity index is 4.36. The van der Waals surface area contributed by atoms with E-state index < -0.39 is 0 Å². The summed E-state index contributed by atoms with van der Waals surface area (Å²) in [5.74, 6) is -0.0208. The van der Waals surface area contributed by atoms with E-state index >= 15 is 0 Å². The van der Waals surface area contributed by atoms with Crippen LogP contribution in [-0.4, -0.2) is 16.8 Å². The maximum atomic E-state index is 8.85. The summed E-state index contributed by atoms with van der Waals surface area (Å²) in [5, 5.41) is 17.3. The second-order valence-corrected chi connectivity index (χ2v) is 1.48. The summed E-state index contributed by atoms with van der Waals surface area (Å²) in [6.45, 7) is 6.48. The van der Waals surface area contributed by atoms with Crippen molar-refractivity contribution in [1.29, 1.82) is 0 Å². The molecule has 0 bridgehead atoms. The van der Waals surface area contributed by atoms with E-state index in [1.54, 1.807) is 0 Å². The standard InChI is InChI=1S/C7H10O2/c1-3-6(5-8)7(9)4-2/h3-4,8-9H,1-2,5H2/b7-6-. The highest BCUT2D eigenvalue weighted by molar-refractivity contribution is 5.25. The van der Waals surface area contributed by atoms with Crippen molar-refractivity contribution in [1.82, 2.24) is 0 Å². The first-order valence-corrected chi connectivity index (χ1v) is 2.54. The van der Waals surface area contributed by atoms with E-state index in [0.717, 1.165) is 0 Å². The minimum atomic E-state index is -0.207. The van der Waals surface area contributed by atoms with Crippen LogP contribution in [-0.2, 0) is 0 Å². The smallest absolute Gasteiger partial charge is 0.120 e. The fourth-order valence-electron chi connectivity index (χ4n) is 0.381. The van der Waals surface area contributed by atoms with Crippen molar-refractivity contribution in [2.24, 2.45) is 0 Å². The van der Waals surface area contributed by atoms with Gasteiger partial charge >= 0.3 is 0 Å². The number of aliphatic hydroxyl groups is 2. The summed E-state index contributed by atoms with van der Waals surface area (Å²) in [6.07, 6.45) is 2.64. The molecule has 0 rings (SSSR count). The third kappa shape index (κ3) is 2.15. The third-order valence-corrected chi connectivity index (χ3v) is 0.939. The molecule has 0 amide bonds. The fraction of sp³-hybridized carbons (Fsp3) is 0.143. The molecule has 2 N–H and O–H groups in total. The summed E-state index contributed by atoms with van der Waals surface area (Å²) in [6, 6.07) is 0. The normalized spacial score (nSPS) is 12.1. The van der Waals surface area contributed by atoms with Crippen LogP contribution in [0.2, 0.25) is 0 Å². The Morgan fingerprint density at radius 2 is 1.89 bits per heavy atom. The highest BCUT2D eigenvalue weighted by Gasteiger charge is 1.93. The van der Waals surface area contributed by atoms with E-state index in [9.17, 15) is 0 Å². The van der Waals surface area contributed by atoms with E-state index in [1.165, 1.54) is 12.2 Å². The number of hydrogen-bond donors (Lipinski definition) is 2. The molecule has 50 valence electrons. The zero-order chi connectivity index (χ0) is 7.28. The van der Waals surface area contributed by atoms with Gasteiger partial charge in [0.1, 0.15) is 5.76 Å². The molecule has 0 fully saturated rings. The summed E-state index contributed by atoms with van der Waals surface area (Å²) in [5.41, 5.74) is 0.394. The Hall–Kier alpha value is -1.02. The van der Waals surface area contributed by atoms with E-state index in [2.05, 4.69) is 13.2 Å². The van der Waals surface area contributed by atoms with Crippen LogP contribution in [0, 0.1) is 0 Å². The highest BCUT2D eigenvalue weighted by atomic mass is 16.3. The maximum Gasteiger partial charge on any atom is 0.120 e. The lowest BCUT2D eigenvalue weighted by Gasteiger charge is -1.95. The first kappa shape index (κ1) is 7.98. The Kier molecular flexibility index (Phi) is 3.48. The first-order valence-electron chi connectivity index (χ1n) is 2.54. The molecule has 0 heterocycles. The molecule has 2 nitrogen and oxygen atoms in total. The van der Waals surface area contributed by atoms with Gasteiger partial charge in [-0.1, -0.05) is 19.2 Å². The van der Waals surface area contributed by atoms with Crippen molar-refractivity contribution in [3.8, 4) is 0 Å². The summed E-state index contributed by atoms with van der Waals surface area (Å²) < 4.78 is 0. The van der Waals surface area contributed by atoms with Crippen LogP contribution in [0.15, 0.2) is 36.6 Å². The average Bonchev–Trinajstić information content (AvgIpc) is 1.90. The second-order valence-electron chi connectivity index (χ2n) is 1.48. The van der Waals surface area contributed by atoms with Gasteiger partial charge in [0.15, 0.2) is 0 Å². The summed E-state index contributed by atoms with van der Waals surface area (Å²) >= 11 is 0. The van der Waals surface area contributed by atoms with Gasteiger partial charge in [-0.15, -0.1) is 0 Å². The van der Waals surface area contributed by atoms with Gasteiger partial charge in [-0.3, -0.25) is 0 Å². The quantitative estimate of drug-likeness (QED) is 0.440. The predicted molar refractivity (Wildman–Crippen MR) is 37.1 cm³/mol. The van der Waals surface area contributed by atoms with E-state index in [0.29, 0.717) is 5.57 Å². The highest BCUT2D eigenvalue weighted by Crippen LogP contribution is 2.01. The van der Waals surface area contributed by atoms with Gasteiger partial charge in [-0.2, -0.15) is 0 Å². The predicted octanol–water partition coefficient (Wildman–Crippen LogP) is 1.16. The molecule has 0 aliphatic rings. The summed E-state index contributed by atoms with van der Waals surface area (Å²) in [7, 11) is 0. The third-order valence-electron chi connectivity index (χ3n) is 0.939. The monoisotopic (exact) mass is 126 g/mol. The van der Waals surface area contributed by atoms with Crippen LogP contribution >= 0.6 is 0 Å². The van der Waals surface area contributed by atoms with Crippen LogP contribution in [0.1, 0.15) is 0 Å². The number of hydrogen-bond acceptors (Lipinski definition) is 2. The Morgan fingerprint density at radius 1 is 1.33 bits per heavy atom. The van der Waals surface area contributed by atoms with Gasteiger partial charge < -0.3 is 10.2 Å². The van der Waals surface area contributed by atoms with Crippen molar-refractivity contribution in [3.05, 3.63) is 36.6 Å².